The molecule has 0 spiro atoms. The van der Waals surface area contributed by atoms with Gasteiger partial charge in [0.15, 0.2) is 10.8 Å². The molecule has 0 radical (unpaired) electrons. The molecule has 0 aliphatic rings. The molecule has 28 heavy (non-hydrogen) atoms. The Morgan fingerprint density at radius 3 is 2.46 bits per heavy atom. The molecule has 13 heteroatoms. The standard InChI is InChI=1S/C15H23N5O6S.ClH/c1-5-25-12(22)9(7(2)16)19-11(21)10(8-6-27-14(17)18-8)20-26-15(3,4)13(23)24;/h6-7,9H,5,16H2,1-4H3,(H2,17,18)(H,19,21)(H,23,24);1H/b20-10+;/t7-,9-;/m1./s1. The van der Waals surface area contributed by atoms with Crippen molar-refractivity contribution in [3.05, 3.63) is 11.1 Å². The second-order valence-electron chi connectivity index (χ2n) is 5.98. The van der Waals surface area contributed by atoms with Crippen molar-refractivity contribution in [2.75, 3.05) is 12.3 Å². The van der Waals surface area contributed by atoms with E-state index >= 15 is 0 Å². The molecule has 2 atom stereocenters. The first-order chi connectivity index (χ1) is 12.5. The number of nitrogens with one attached hydrogen (secondary N) is 1. The minimum atomic E-state index is -1.70. The van der Waals surface area contributed by atoms with E-state index in [-0.39, 0.29) is 35.6 Å². The molecule has 1 amide bonds. The molecule has 0 saturated heterocycles. The van der Waals surface area contributed by atoms with E-state index in [1.54, 1.807) is 6.92 Å². The first-order valence-electron chi connectivity index (χ1n) is 7.93. The number of hydrogen-bond acceptors (Lipinski definition) is 10. The number of nitrogens with two attached hydrogens (primary N) is 2. The maximum Gasteiger partial charge on any atom is 0.350 e. The highest BCUT2D eigenvalue weighted by Gasteiger charge is 2.32. The Labute approximate surface area is 171 Å². The fourth-order valence-corrected chi connectivity index (χ4v) is 2.19. The van der Waals surface area contributed by atoms with E-state index in [0.29, 0.717) is 0 Å². The summed E-state index contributed by atoms with van der Waals surface area (Å²) in [6.07, 6.45) is 0. The van der Waals surface area contributed by atoms with Crippen LogP contribution in [0, 0.1) is 0 Å². The Balaban J connectivity index is 0.00000729. The second-order valence-corrected chi connectivity index (χ2v) is 6.87. The van der Waals surface area contributed by atoms with Crippen LogP contribution in [0.2, 0.25) is 0 Å². The average Bonchev–Trinajstić information content (AvgIpc) is 2.98. The van der Waals surface area contributed by atoms with E-state index < -0.39 is 35.5 Å². The summed E-state index contributed by atoms with van der Waals surface area (Å²) in [5, 5.41) is 16.8. The fraction of sp³-hybridized carbons (Fsp3) is 0.533. The van der Waals surface area contributed by atoms with Crippen molar-refractivity contribution < 1.29 is 29.1 Å². The molecule has 0 saturated carbocycles. The quantitative estimate of drug-likeness (QED) is 0.237. The van der Waals surface area contributed by atoms with Gasteiger partial charge in [0, 0.05) is 11.4 Å². The number of amides is 1. The Hall–Kier alpha value is -2.44. The Bertz CT molecular complexity index is 736. The van der Waals surface area contributed by atoms with Gasteiger partial charge in [-0.15, -0.1) is 23.7 Å². The third-order valence-electron chi connectivity index (χ3n) is 3.21. The third kappa shape index (κ3) is 6.94. The zero-order valence-corrected chi connectivity index (χ0v) is 17.4. The second kappa shape index (κ2) is 10.8. The van der Waals surface area contributed by atoms with Crippen LogP contribution in [0.4, 0.5) is 5.13 Å². The predicted octanol–water partition coefficient (Wildman–Crippen LogP) is 0.126. The number of esters is 1. The van der Waals surface area contributed by atoms with Crippen LogP contribution in [0.15, 0.2) is 10.5 Å². The van der Waals surface area contributed by atoms with Gasteiger partial charge in [-0.25, -0.2) is 14.6 Å². The van der Waals surface area contributed by atoms with Crippen LogP contribution in [0.3, 0.4) is 0 Å². The number of carbonyl (C=O) groups excluding carboxylic acids is 2. The average molecular weight is 438 g/mol. The summed E-state index contributed by atoms with van der Waals surface area (Å²) in [5.74, 6) is -2.86. The summed E-state index contributed by atoms with van der Waals surface area (Å²) in [4.78, 5) is 44.7. The molecular weight excluding hydrogens is 414 g/mol. The summed E-state index contributed by atoms with van der Waals surface area (Å²) < 4.78 is 4.89. The smallest absolute Gasteiger partial charge is 0.350 e. The normalized spacial score (nSPS) is 13.7. The number of halogens is 1. The molecule has 0 aliphatic heterocycles. The SMILES string of the molecule is CCOC(=O)[C@H](NC(=O)/C(=N/OC(C)(C)C(=O)O)c1csc(N)n1)[C@@H](C)N.Cl. The number of rotatable bonds is 9. The molecule has 0 aliphatic carbocycles. The van der Waals surface area contributed by atoms with Crippen LogP contribution in [0.25, 0.3) is 0 Å². The first kappa shape index (κ1) is 25.6. The highest BCUT2D eigenvalue weighted by atomic mass is 35.5. The fourth-order valence-electron chi connectivity index (χ4n) is 1.65. The minimum Gasteiger partial charge on any atom is -0.478 e. The molecule has 0 unspecified atom stereocenters. The van der Waals surface area contributed by atoms with Gasteiger partial charge in [-0.05, 0) is 27.7 Å². The summed E-state index contributed by atoms with van der Waals surface area (Å²) in [5.41, 5.74) is 9.32. The maximum atomic E-state index is 12.7. The molecule has 0 bridgehead atoms. The van der Waals surface area contributed by atoms with E-state index in [1.165, 1.54) is 26.2 Å². The summed E-state index contributed by atoms with van der Waals surface area (Å²) in [6.45, 7) is 5.76. The van der Waals surface area contributed by atoms with Gasteiger partial charge in [0.05, 0.1) is 6.61 Å². The monoisotopic (exact) mass is 437 g/mol. The van der Waals surface area contributed by atoms with Crippen LogP contribution in [-0.4, -0.2) is 57.9 Å². The molecule has 158 valence electrons. The number of thiazole rings is 1. The molecule has 1 heterocycles. The van der Waals surface area contributed by atoms with E-state index in [1.807, 2.05) is 0 Å². The van der Waals surface area contributed by atoms with Gasteiger partial charge in [0.1, 0.15) is 11.7 Å². The van der Waals surface area contributed by atoms with Crippen molar-refractivity contribution >= 4 is 52.4 Å². The number of anilines is 1. The van der Waals surface area contributed by atoms with E-state index in [0.717, 1.165) is 11.3 Å². The van der Waals surface area contributed by atoms with E-state index in [9.17, 15) is 14.4 Å². The van der Waals surface area contributed by atoms with Crippen LogP contribution in [-0.2, 0) is 24.0 Å². The number of oxime groups is 1. The van der Waals surface area contributed by atoms with E-state index in [4.69, 9.17) is 26.1 Å². The Kier molecular flexibility index (Phi) is 9.84. The van der Waals surface area contributed by atoms with Crippen LogP contribution >= 0.6 is 23.7 Å². The molecular formula is C15H24ClN5O6S. The number of carboxylic acids is 1. The van der Waals surface area contributed by atoms with Gasteiger partial charge in [0.2, 0.25) is 5.60 Å². The lowest BCUT2D eigenvalue weighted by Crippen LogP contribution is -2.53. The highest BCUT2D eigenvalue weighted by molar-refractivity contribution is 7.13. The van der Waals surface area contributed by atoms with Crippen molar-refractivity contribution in [2.45, 2.75) is 45.4 Å². The molecule has 1 aromatic heterocycles. The van der Waals surface area contributed by atoms with Crippen LogP contribution in [0.5, 0.6) is 0 Å². The van der Waals surface area contributed by atoms with Gasteiger partial charge in [0.25, 0.3) is 5.91 Å². The lowest BCUT2D eigenvalue weighted by molar-refractivity contribution is -0.161. The number of aromatic nitrogens is 1. The van der Waals surface area contributed by atoms with Gasteiger partial charge in [-0.2, -0.15) is 0 Å². The van der Waals surface area contributed by atoms with Crippen molar-refractivity contribution in [1.82, 2.24) is 10.3 Å². The molecule has 0 aromatic carbocycles. The number of carboxylic acid groups (broad SMARTS) is 1. The van der Waals surface area contributed by atoms with Gasteiger partial charge < -0.3 is 31.5 Å². The van der Waals surface area contributed by atoms with Crippen LogP contribution in [0.1, 0.15) is 33.4 Å². The lowest BCUT2D eigenvalue weighted by Gasteiger charge is -2.21. The number of nitrogen functional groups attached to an aromatic ring is 1. The molecule has 11 nitrogen and oxygen atoms in total. The molecule has 6 N–H and O–H groups in total. The molecule has 1 aromatic rings. The first-order valence-corrected chi connectivity index (χ1v) is 8.81. The number of aliphatic carboxylic acids is 1. The highest BCUT2D eigenvalue weighted by Crippen LogP contribution is 2.15. The number of hydrogen-bond donors (Lipinski definition) is 4. The summed E-state index contributed by atoms with van der Waals surface area (Å²) in [6, 6.07) is -1.91. The maximum absolute atomic E-state index is 12.7. The van der Waals surface area contributed by atoms with Crippen LogP contribution < -0.4 is 16.8 Å². The largest absolute Gasteiger partial charge is 0.478 e. The van der Waals surface area contributed by atoms with Crippen molar-refractivity contribution in [3.63, 3.8) is 0 Å². The number of nitrogens with zero attached hydrogens (tertiary/aromatic N) is 2. The van der Waals surface area contributed by atoms with Gasteiger partial charge in [-0.1, -0.05) is 5.16 Å². The van der Waals surface area contributed by atoms with E-state index in [2.05, 4.69) is 15.5 Å². The Morgan fingerprint density at radius 1 is 1.43 bits per heavy atom. The Morgan fingerprint density at radius 2 is 2.04 bits per heavy atom. The topological polar surface area (TPSA) is 179 Å². The summed E-state index contributed by atoms with van der Waals surface area (Å²) in [7, 11) is 0. The molecule has 0 fully saturated rings. The number of ether oxygens (including phenoxy) is 1. The number of carbonyl (C=O) groups is 3. The zero-order chi connectivity index (χ0) is 20.8. The minimum absolute atomic E-state index is 0. The zero-order valence-electron chi connectivity index (χ0n) is 15.8. The van der Waals surface area contributed by atoms with Crippen molar-refractivity contribution in [3.8, 4) is 0 Å². The third-order valence-corrected chi connectivity index (χ3v) is 3.89. The molecule has 1 rings (SSSR count). The summed E-state index contributed by atoms with van der Waals surface area (Å²) >= 11 is 1.05. The van der Waals surface area contributed by atoms with Gasteiger partial charge >= 0.3 is 11.9 Å². The van der Waals surface area contributed by atoms with Crippen molar-refractivity contribution in [1.29, 1.82) is 0 Å². The van der Waals surface area contributed by atoms with Crippen molar-refractivity contribution in [2.24, 2.45) is 10.9 Å². The lowest BCUT2D eigenvalue weighted by atomic mass is 10.1. The van der Waals surface area contributed by atoms with Gasteiger partial charge in [-0.3, -0.25) is 4.79 Å². The predicted molar refractivity (Wildman–Crippen MR) is 105 cm³/mol.